The van der Waals surface area contributed by atoms with Crippen LogP contribution in [-0.4, -0.2) is 57.9 Å². The van der Waals surface area contributed by atoms with Crippen molar-refractivity contribution in [3.05, 3.63) is 65.2 Å². The van der Waals surface area contributed by atoms with Crippen molar-refractivity contribution in [3.8, 4) is 5.75 Å². The average Bonchev–Trinajstić information content (AvgIpc) is 3.46. The molecule has 3 heterocycles. The summed E-state index contributed by atoms with van der Waals surface area (Å²) in [6, 6.07) is 10.4. The summed E-state index contributed by atoms with van der Waals surface area (Å²) in [5.74, 6) is 2.48. The van der Waals surface area contributed by atoms with Crippen LogP contribution in [0.1, 0.15) is 45.3 Å². The molecule has 3 aromatic rings. The summed E-state index contributed by atoms with van der Waals surface area (Å²) in [5, 5.41) is 3.84. The van der Waals surface area contributed by atoms with Crippen molar-refractivity contribution in [2.24, 2.45) is 0 Å². The highest BCUT2D eigenvalue weighted by atomic mass is 16.5. The van der Waals surface area contributed by atoms with Gasteiger partial charge < -0.3 is 23.5 Å². The summed E-state index contributed by atoms with van der Waals surface area (Å²) >= 11 is 0. The van der Waals surface area contributed by atoms with Gasteiger partial charge in [-0.15, -0.1) is 0 Å². The van der Waals surface area contributed by atoms with Gasteiger partial charge in [0.25, 0.3) is 11.8 Å². The number of hydrogen-bond acceptors (Lipinski definition) is 7. The van der Waals surface area contributed by atoms with E-state index in [-0.39, 0.29) is 18.4 Å². The van der Waals surface area contributed by atoms with Gasteiger partial charge in [-0.25, -0.2) is 0 Å². The molecule has 2 amide bonds. The van der Waals surface area contributed by atoms with Gasteiger partial charge in [0.2, 0.25) is 11.7 Å². The molecule has 9 heteroatoms. The lowest BCUT2D eigenvalue weighted by Gasteiger charge is -2.34. The fraction of sp³-hybridized carbons (Fsp3) is 0.364. The van der Waals surface area contributed by atoms with Crippen LogP contribution < -0.4 is 4.74 Å². The van der Waals surface area contributed by atoms with E-state index in [4.69, 9.17) is 13.7 Å². The van der Waals surface area contributed by atoms with Crippen molar-refractivity contribution < 1.29 is 23.3 Å². The fourth-order valence-electron chi connectivity index (χ4n) is 3.33. The molecule has 0 radical (unpaired) electrons. The van der Waals surface area contributed by atoms with Crippen LogP contribution in [0.4, 0.5) is 0 Å². The highest BCUT2D eigenvalue weighted by Crippen LogP contribution is 2.17. The number of nitrogens with zero attached hydrogens (tertiary/aromatic N) is 4. The molecule has 2 aromatic heterocycles. The SMILES string of the molecule is CCc1nc(COc2ccc(C(=O)N3CCN(C(=O)c4ccc(C)o4)CC3)cc2)no1. The summed E-state index contributed by atoms with van der Waals surface area (Å²) in [6.07, 6.45) is 0.675. The van der Waals surface area contributed by atoms with Crippen molar-refractivity contribution >= 4 is 11.8 Å². The summed E-state index contributed by atoms with van der Waals surface area (Å²) in [5.41, 5.74) is 0.571. The molecule has 162 valence electrons. The van der Waals surface area contributed by atoms with Crippen molar-refractivity contribution in [2.75, 3.05) is 26.2 Å². The number of aryl methyl sites for hydroxylation is 2. The largest absolute Gasteiger partial charge is 0.485 e. The lowest BCUT2D eigenvalue weighted by molar-refractivity contribution is 0.0517. The van der Waals surface area contributed by atoms with E-state index in [1.165, 1.54) is 0 Å². The Hall–Kier alpha value is -3.62. The van der Waals surface area contributed by atoms with E-state index in [2.05, 4.69) is 10.1 Å². The van der Waals surface area contributed by atoms with Gasteiger partial charge in [0, 0.05) is 38.2 Å². The van der Waals surface area contributed by atoms with Gasteiger partial charge in [0.1, 0.15) is 11.5 Å². The number of hydrogen-bond donors (Lipinski definition) is 0. The number of carbonyl (C=O) groups is 2. The van der Waals surface area contributed by atoms with Crippen LogP contribution in [0.5, 0.6) is 5.75 Å². The van der Waals surface area contributed by atoms with Crippen molar-refractivity contribution in [1.29, 1.82) is 0 Å². The Morgan fingerprint density at radius 1 is 1.00 bits per heavy atom. The third-order valence-corrected chi connectivity index (χ3v) is 5.09. The van der Waals surface area contributed by atoms with Crippen LogP contribution in [0.15, 0.2) is 45.3 Å². The molecular weight excluding hydrogens is 400 g/mol. The van der Waals surface area contributed by atoms with Gasteiger partial charge in [-0.2, -0.15) is 4.98 Å². The number of carbonyl (C=O) groups excluding carboxylic acids is 2. The van der Waals surface area contributed by atoms with Gasteiger partial charge in [0.15, 0.2) is 12.4 Å². The third kappa shape index (κ3) is 4.76. The lowest BCUT2D eigenvalue weighted by atomic mass is 10.1. The highest BCUT2D eigenvalue weighted by Gasteiger charge is 2.26. The highest BCUT2D eigenvalue weighted by molar-refractivity contribution is 5.95. The first-order valence-electron chi connectivity index (χ1n) is 10.2. The van der Waals surface area contributed by atoms with E-state index in [0.717, 1.165) is 0 Å². The second kappa shape index (κ2) is 9.03. The quantitative estimate of drug-likeness (QED) is 0.599. The van der Waals surface area contributed by atoms with E-state index in [0.29, 0.717) is 67.1 Å². The minimum atomic E-state index is -0.144. The minimum Gasteiger partial charge on any atom is -0.485 e. The average molecular weight is 424 g/mol. The van der Waals surface area contributed by atoms with Crippen LogP contribution in [0.2, 0.25) is 0 Å². The predicted molar refractivity (Wildman–Crippen MR) is 110 cm³/mol. The van der Waals surface area contributed by atoms with Crippen LogP contribution in [0, 0.1) is 6.92 Å². The maximum Gasteiger partial charge on any atom is 0.289 e. The van der Waals surface area contributed by atoms with Gasteiger partial charge in [-0.1, -0.05) is 12.1 Å². The van der Waals surface area contributed by atoms with Crippen LogP contribution in [-0.2, 0) is 13.0 Å². The first-order valence-corrected chi connectivity index (χ1v) is 10.2. The molecular formula is C22H24N4O5. The lowest BCUT2D eigenvalue weighted by Crippen LogP contribution is -2.50. The van der Waals surface area contributed by atoms with Gasteiger partial charge in [-0.05, 0) is 43.3 Å². The number of ether oxygens (including phenoxy) is 1. The van der Waals surface area contributed by atoms with E-state index >= 15 is 0 Å². The maximum absolute atomic E-state index is 12.8. The van der Waals surface area contributed by atoms with Crippen LogP contribution in [0.3, 0.4) is 0 Å². The molecule has 0 aliphatic carbocycles. The Kier molecular flexibility index (Phi) is 6.01. The first-order chi connectivity index (χ1) is 15.0. The zero-order valence-electron chi connectivity index (χ0n) is 17.5. The Morgan fingerprint density at radius 3 is 2.26 bits per heavy atom. The monoisotopic (exact) mass is 424 g/mol. The molecule has 1 saturated heterocycles. The Morgan fingerprint density at radius 2 is 1.68 bits per heavy atom. The number of furan rings is 1. The molecule has 0 N–H and O–H groups in total. The van der Waals surface area contributed by atoms with Crippen LogP contribution >= 0.6 is 0 Å². The smallest absolute Gasteiger partial charge is 0.289 e. The molecule has 0 unspecified atom stereocenters. The topological polar surface area (TPSA) is 102 Å². The standard InChI is InChI=1S/C22H24N4O5/c1-3-20-23-19(24-31-20)14-29-17-7-5-16(6-8-17)21(27)25-10-12-26(13-11-25)22(28)18-9-4-15(2)30-18/h4-9H,3,10-14H2,1-2H3. The molecule has 1 aromatic carbocycles. The molecule has 1 aliphatic heterocycles. The maximum atomic E-state index is 12.8. The van der Waals surface area contributed by atoms with Gasteiger partial charge >= 0.3 is 0 Å². The Labute approximate surface area is 179 Å². The summed E-state index contributed by atoms with van der Waals surface area (Å²) in [6.45, 7) is 5.82. The Bertz CT molecular complexity index is 1050. The molecule has 9 nitrogen and oxygen atoms in total. The van der Waals surface area contributed by atoms with E-state index in [9.17, 15) is 9.59 Å². The fourth-order valence-corrected chi connectivity index (χ4v) is 3.33. The van der Waals surface area contributed by atoms with Crippen molar-refractivity contribution in [2.45, 2.75) is 26.9 Å². The molecule has 1 fully saturated rings. The van der Waals surface area contributed by atoms with E-state index < -0.39 is 0 Å². The normalized spacial score (nSPS) is 14.0. The minimum absolute atomic E-state index is 0.0711. The molecule has 0 saturated carbocycles. The van der Waals surface area contributed by atoms with E-state index in [1.807, 2.05) is 6.92 Å². The number of piperazine rings is 1. The molecule has 4 rings (SSSR count). The number of amides is 2. The van der Waals surface area contributed by atoms with E-state index in [1.54, 1.807) is 53.1 Å². The zero-order valence-corrected chi connectivity index (χ0v) is 17.5. The first kappa shape index (κ1) is 20.6. The molecule has 0 bridgehead atoms. The summed E-state index contributed by atoms with van der Waals surface area (Å²) in [4.78, 5) is 32.9. The predicted octanol–water partition coefficient (Wildman–Crippen LogP) is 2.71. The van der Waals surface area contributed by atoms with Gasteiger partial charge in [0.05, 0.1) is 0 Å². The molecule has 0 spiro atoms. The summed E-state index contributed by atoms with van der Waals surface area (Å²) in [7, 11) is 0. The van der Waals surface area contributed by atoms with Crippen molar-refractivity contribution in [3.63, 3.8) is 0 Å². The Balaban J connectivity index is 1.29. The number of aromatic nitrogens is 2. The van der Waals surface area contributed by atoms with Crippen LogP contribution in [0.25, 0.3) is 0 Å². The number of rotatable bonds is 6. The molecule has 1 aliphatic rings. The van der Waals surface area contributed by atoms with Gasteiger partial charge in [-0.3, -0.25) is 9.59 Å². The molecule has 0 atom stereocenters. The molecule has 31 heavy (non-hydrogen) atoms. The second-order valence-electron chi connectivity index (χ2n) is 7.27. The zero-order chi connectivity index (χ0) is 21.8. The summed E-state index contributed by atoms with van der Waals surface area (Å²) < 4.78 is 16.1. The second-order valence-corrected chi connectivity index (χ2v) is 7.27. The third-order valence-electron chi connectivity index (χ3n) is 5.09. The van der Waals surface area contributed by atoms with Crippen molar-refractivity contribution in [1.82, 2.24) is 19.9 Å². The number of benzene rings is 1.